The van der Waals surface area contributed by atoms with Crippen LogP contribution < -0.4 is 0 Å². The molecule has 0 saturated carbocycles. The molecule has 1 fully saturated rings. The Morgan fingerprint density at radius 2 is 2.22 bits per heavy atom. The zero-order chi connectivity index (χ0) is 16.6. The number of carbonyl (C=O) groups is 1. The van der Waals surface area contributed by atoms with Gasteiger partial charge in [-0.3, -0.25) is 9.20 Å². The Labute approximate surface area is 139 Å². The molecule has 1 saturated heterocycles. The fraction of sp³-hybridized carbons (Fsp3) is 0.500. The normalized spacial score (nSPS) is 21.4. The van der Waals surface area contributed by atoms with Crippen LogP contribution in [0.2, 0.25) is 0 Å². The Bertz CT molecular complexity index is 833. The van der Waals surface area contributed by atoms with Crippen molar-refractivity contribution in [2.24, 2.45) is 0 Å². The van der Waals surface area contributed by atoms with E-state index in [0.717, 1.165) is 5.65 Å². The highest BCUT2D eigenvalue weighted by Gasteiger charge is 2.34. The number of nitrogens with zero attached hydrogens (tertiary/aromatic N) is 4. The van der Waals surface area contributed by atoms with Crippen LogP contribution in [-0.4, -0.2) is 63.7 Å². The molecule has 2 unspecified atom stereocenters. The second-order valence-electron chi connectivity index (χ2n) is 5.68. The van der Waals surface area contributed by atoms with E-state index in [-0.39, 0.29) is 28.7 Å². The second kappa shape index (κ2) is 6.12. The maximum Gasteiger partial charge on any atom is 0.235 e. The summed E-state index contributed by atoms with van der Waals surface area (Å²) < 4.78 is 25.0. The average Bonchev–Trinajstić information content (AvgIpc) is 3.09. The molecule has 1 amide bonds. The number of hydrogen-bond donors (Lipinski definition) is 0. The van der Waals surface area contributed by atoms with Crippen LogP contribution in [0.4, 0.5) is 0 Å². The Hall–Kier alpha value is -1.61. The molecule has 7 nitrogen and oxygen atoms in total. The van der Waals surface area contributed by atoms with Crippen molar-refractivity contribution in [2.75, 3.05) is 18.6 Å². The van der Waals surface area contributed by atoms with Crippen LogP contribution in [-0.2, 0) is 14.6 Å². The summed E-state index contributed by atoms with van der Waals surface area (Å²) in [5.41, 5.74) is 0.727. The monoisotopic (exact) mass is 354 g/mol. The summed E-state index contributed by atoms with van der Waals surface area (Å²) in [6.45, 7) is 1.80. The lowest BCUT2D eigenvalue weighted by atomic mass is 10.2. The van der Waals surface area contributed by atoms with E-state index in [1.54, 1.807) is 18.9 Å². The molecular weight excluding hydrogens is 336 g/mol. The molecule has 3 rings (SSSR count). The van der Waals surface area contributed by atoms with Crippen molar-refractivity contribution in [3.63, 3.8) is 0 Å². The van der Waals surface area contributed by atoms with E-state index in [1.165, 1.54) is 11.8 Å². The molecule has 1 aliphatic rings. The molecule has 2 aromatic rings. The van der Waals surface area contributed by atoms with E-state index in [1.807, 2.05) is 28.8 Å². The van der Waals surface area contributed by atoms with Crippen molar-refractivity contribution in [2.45, 2.75) is 29.8 Å². The minimum atomic E-state index is -3.01. The summed E-state index contributed by atoms with van der Waals surface area (Å²) in [5.74, 6) is 0.122. The zero-order valence-corrected chi connectivity index (χ0v) is 14.5. The standard InChI is InChI=1S/C14H18N4O3S2/c1-10(13(19)17(2)11-6-8-23(20,21)9-11)22-14-16-15-12-5-3-4-7-18(12)14/h3-5,7,10-11H,6,8-9H2,1-2H3. The maximum absolute atomic E-state index is 12.6. The molecule has 9 heteroatoms. The molecule has 3 heterocycles. The van der Waals surface area contributed by atoms with Gasteiger partial charge in [0.2, 0.25) is 5.91 Å². The number of aromatic nitrogens is 3. The predicted octanol–water partition coefficient (Wildman–Crippen LogP) is 0.855. The Morgan fingerprint density at radius 1 is 1.43 bits per heavy atom. The van der Waals surface area contributed by atoms with Gasteiger partial charge in [-0.15, -0.1) is 10.2 Å². The lowest BCUT2D eigenvalue weighted by Gasteiger charge is -2.26. The third-order valence-corrected chi connectivity index (χ3v) is 6.81. The minimum absolute atomic E-state index is 0.0560. The summed E-state index contributed by atoms with van der Waals surface area (Å²) in [4.78, 5) is 14.1. The predicted molar refractivity (Wildman–Crippen MR) is 88.1 cm³/mol. The fourth-order valence-electron chi connectivity index (χ4n) is 2.66. The van der Waals surface area contributed by atoms with Gasteiger partial charge in [0.1, 0.15) is 0 Å². The molecular formula is C14H18N4O3S2. The lowest BCUT2D eigenvalue weighted by molar-refractivity contribution is -0.130. The Balaban J connectivity index is 1.70. The number of rotatable bonds is 4. The third-order valence-electron chi connectivity index (χ3n) is 4.02. The van der Waals surface area contributed by atoms with Gasteiger partial charge in [-0.1, -0.05) is 17.8 Å². The third kappa shape index (κ3) is 3.35. The summed E-state index contributed by atoms with van der Waals surface area (Å²) in [6, 6.07) is 5.37. The smallest absolute Gasteiger partial charge is 0.235 e. The largest absolute Gasteiger partial charge is 0.341 e. The van der Waals surface area contributed by atoms with E-state index in [4.69, 9.17) is 0 Å². The van der Waals surface area contributed by atoms with E-state index in [0.29, 0.717) is 11.6 Å². The molecule has 0 spiro atoms. The molecule has 2 atom stereocenters. The summed E-state index contributed by atoms with van der Waals surface area (Å²) in [6.07, 6.45) is 2.36. The summed E-state index contributed by atoms with van der Waals surface area (Å²) in [5, 5.41) is 8.45. The fourth-order valence-corrected chi connectivity index (χ4v) is 5.37. The maximum atomic E-state index is 12.6. The highest BCUT2D eigenvalue weighted by molar-refractivity contribution is 8.00. The van der Waals surface area contributed by atoms with Gasteiger partial charge in [0.25, 0.3) is 0 Å². The first kappa shape index (κ1) is 16.3. The quantitative estimate of drug-likeness (QED) is 0.757. The number of carbonyl (C=O) groups excluding carboxylic acids is 1. The average molecular weight is 354 g/mol. The number of hydrogen-bond acceptors (Lipinski definition) is 6. The van der Waals surface area contributed by atoms with Crippen LogP contribution >= 0.6 is 11.8 Å². The topological polar surface area (TPSA) is 84.6 Å². The van der Waals surface area contributed by atoms with E-state index >= 15 is 0 Å². The first-order valence-electron chi connectivity index (χ1n) is 7.31. The summed E-state index contributed by atoms with van der Waals surface area (Å²) >= 11 is 1.32. The van der Waals surface area contributed by atoms with Gasteiger partial charge in [-0.2, -0.15) is 0 Å². The Morgan fingerprint density at radius 3 is 2.91 bits per heavy atom. The van der Waals surface area contributed by atoms with Gasteiger partial charge in [0, 0.05) is 19.3 Å². The van der Waals surface area contributed by atoms with Crippen molar-refractivity contribution in [1.29, 1.82) is 0 Å². The highest BCUT2D eigenvalue weighted by atomic mass is 32.2. The molecule has 1 aliphatic heterocycles. The number of pyridine rings is 1. The SMILES string of the molecule is CC(Sc1nnc2ccccn12)C(=O)N(C)C1CCS(=O)(=O)C1. The minimum Gasteiger partial charge on any atom is -0.341 e. The van der Waals surface area contributed by atoms with Crippen LogP contribution in [0.5, 0.6) is 0 Å². The van der Waals surface area contributed by atoms with E-state index in [9.17, 15) is 13.2 Å². The van der Waals surface area contributed by atoms with Crippen molar-refractivity contribution in [1.82, 2.24) is 19.5 Å². The van der Waals surface area contributed by atoms with Crippen LogP contribution in [0.3, 0.4) is 0 Å². The molecule has 23 heavy (non-hydrogen) atoms. The second-order valence-corrected chi connectivity index (χ2v) is 9.21. The van der Waals surface area contributed by atoms with E-state index in [2.05, 4.69) is 10.2 Å². The molecule has 0 aliphatic carbocycles. The number of amides is 1. The molecule has 0 N–H and O–H groups in total. The van der Waals surface area contributed by atoms with Crippen molar-refractivity contribution >= 4 is 33.2 Å². The van der Waals surface area contributed by atoms with Gasteiger partial charge in [-0.25, -0.2) is 8.42 Å². The number of thioether (sulfide) groups is 1. The first-order chi connectivity index (χ1) is 10.9. The summed E-state index contributed by atoms with van der Waals surface area (Å²) in [7, 11) is -1.33. The first-order valence-corrected chi connectivity index (χ1v) is 10.0. The van der Waals surface area contributed by atoms with E-state index < -0.39 is 9.84 Å². The molecule has 0 radical (unpaired) electrons. The van der Waals surface area contributed by atoms with Gasteiger partial charge in [0.05, 0.1) is 16.8 Å². The van der Waals surface area contributed by atoms with Crippen LogP contribution in [0.15, 0.2) is 29.6 Å². The van der Waals surface area contributed by atoms with Gasteiger partial charge < -0.3 is 4.90 Å². The Kier molecular flexibility index (Phi) is 4.33. The lowest BCUT2D eigenvalue weighted by Crippen LogP contribution is -2.41. The van der Waals surface area contributed by atoms with Gasteiger partial charge in [-0.05, 0) is 25.5 Å². The van der Waals surface area contributed by atoms with Gasteiger partial charge >= 0.3 is 0 Å². The highest BCUT2D eigenvalue weighted by Crippen LogP contribution is 2.25. The van der Waals surface area contributed by atoms with Crippen molar-refractivity contribution in [3.05, 3.63) is 24.4 Å². The van der Waals surface area contributed by atoms with Crippen LogP contribution in [0.1, 0.15) is 13.3 Å². The molecule has 0 aromatic carbocycles. The van der Waals surface area contributed by atoms with Crippen molar-refractivity contribution in [3.8, 4) is 0 Å². The molecule has 0 bridgehead atoms. The van der Waals surface area contributed by atoms with Crippen LogP contribution in [0, 0.1) is 0 Å². The van der Waals surface area contributed by atoms with Crippen LogP contribution in [0.25, 0.3) is 5.65 Å². The number of fused-ring (bicyclic) bond motifs is 1. The van der Waals surface area contributed by atoms with Gasteiger partial charge in [0.15, 0.2) is 20.6 Å². The molecule has 124 valence electrons. The molecule has 2 aromatic heterocycles. The number of sulfone groups is 1. The van der Waals surface area contributed by atoms with Crippen molar-refractivity contribution < 1.29 is 13.2 Å². The zero-order valence-electron chi connectivity index (χ0n) is 12.9.